The molecule has 2 aromatic rings. The maximum absolute atomic E-state index is 11.8. The first kappa shape index (κ1) is 16.5. The lowest BCUT2D eigenvalue weighted by atomic mass is 10.1. The van der Waals surface area contributed by atoms with E-state index in [1.807, 2.05) is 13.8 Å². The van der Waals surface area contributed by atoms with Crippen molar-refractivity contribution in [3.8, 4) is 11.5 Å². The summed E-state index contributed by atoms with van der Waals surface area (Å²) >= 11 is 0. The topological polar surface area (TPSA) is 99.6 Å². The van der Waals surface area contributed by atoms with E-state index in [1.165, 1.54) is 19.4 Å². The molecule has 0 aliphatic rings. The number of aromatic amines is 1. The normalized spacial score (nSPS) is 10.9. The summed E-state index contributed by atoms with van der Waals surface area (Å²) in [6.45, 7) is 3.84. The van der Waals surface area contributed by atoms with Crippen molar-refractivity contribution >= 4 is 12.1 Å². The molecule has 0 unspecified atom stereocenters. The maximum Gasteiger partial charge on any atom is 0.240 e. The van der Waals surface area contributed by atoms with Crippen molar-refractivity contribution in [1.29, 1.82) is 0 Å². The van der Waals surface area contributed by atoms with Crippen molar-refractivity contribution in [3.63, 3.8) is 0 Å². The fraction of sp³-hybridized carbons (Fsp3) is 0.312. The van der Waals surface area contributed by atoms with Crippen LogP contribution in [0.25, 0.3) is 0 Å². The first-order valence-electron chi connectivity index (χ1n) is 7.20. The average molecular weight is 316 g/mol. The molecule has 0 bridgehead atoms. The number of benzene rings is 1. The van der Waals surface area contributed by atoms with Crippen LogP contribution in [0.15, 0.2) is 23.3 Å². The second-order valence-electron chi connectivity index (χ2n) is 5.14. The second kappa shape index (κ2) is 7.44. The molecule has 7 nitrogen and oxygen atoms in total. The zero-order chi connectivity index (χ0) is 16.8. The van der Waals surface area contributed by atoms with Gasteiger partial charge in [-0.1, -0.05) is 0 Å². The minimum absolute atomic E-state index is 0.0219. The number of nitrogens with zero attached hydrogens (tertiary/aromatic N) is 2. The van der Waals surface area contributed by atoms with Gasteiger partial charge < -0.3 is 9.84 Å². The van der Waals surface area contributed by atoms with Crippen LogP contribution in [0.4, 0.5) is 0 Å². The summed E-state index contributed by atoms with van der Waals surface area (Å²) in [5.41, 5.74) is 6.07. The monoisotopic (exact) mass is 316 g/mol. The molecule has 0 spiro atoms. The van der Waals surface area contributed by atoms with E-state index in [-0.39, 0.29) is 11.7 Å². The van der Waals surface area contributed by atoms with Crippen LogP contribution in [0, 0.1) is 13.8 Å². The van der Waals surface area contributed by atoms with Gasteiger partial charge in [0.25, 0.3) is 0 Å². The molecule has 7 heteroatoms. The van der Waals surface area contributed by atoms with E-state index < -0.39 is 0 Å². The molecular formula is C16H20N4O3. The van der Waals surface area contributed by atoms with Crippen LogP contribution >= 0.6 is 0 Å². The van der Waals surface area contributed by atoms with Gasteiger partial charge in [-0.25, -0.2) is 5.43 Å². The highest BCUT2D eigenvalue weighted by atomic mass is 16.5. The lowest BCUT2D eigenvalue weighted by molar-refractivity contribution is -0.121. The fourth-order valence-corrected chi connectivity index (χ4v) is 2.20. The van der Waals surface area contributed by atoms with Crippen LogP contribution in [0.5, 0.6) is 11.5 Å². The van der Waals surface area contributed by atoms with Crippen LogP contribution < -0.4 is 10.2 Å². The molecule has 3 N–H and O–H groups in total. The third-order valence-corrected chi connectivity index (χ3v) is 3.49. The molecule has 0 aliphatic heterocycles. The Morgan fingerprint density at radius 3 is 2.87 bits per heavy atom. The van der Waals surface area contributed by atoms with Crippen LogP contribution in [0.2, 0.25) is 0 Å². The molecule has 0 radical (unpaired) electrons. The number of hydrogen-bond acceptors (Lipinski definition) is 5. The van der Waals surface area contributed by atoms with Crippen molar-refractivity contribution in [3.05, 3.63) is 40.7 Å². The predicted octanol–water partition coefficient (Wildman–Crippen LogP) is 1.82. The quantitative estimate of drug-likeness (QED) is 0.559. The number of phenolic OH excluding ortho intramolecular Hbond substituents is 1. The number of methoxy groups -OCH3 is 1. The number of amides is 1. The Morgan fingerprint density at radius 2 is 2.26 bits per heavy atom. The lowest BCUT2D eigenvalue weighted by Crippen LogP contribution is -2.18. The number of aromatic hydroxyl groups is 1. The predicted molar refractivity (Wildman–Crippen MR) is 86.8 cm³/mol. The van der Waals surface area contributed by atoms with Crippen molar-refractivity contribution in [1.82, 2.24) is 15.6 Å². The Kier molecular flexibility index (Phi) is 5.35. The Balaban J connectivity index is 1.85. The standard InChI is InChI=1S/C16H20N4O3/c1-10-13(11(2)19-18-10)5-7-16(22)20-17-9-12-4-6-15(23-3)14(21)8-12/h4,6,8-9,21H,5,7H2,1-3H3,(H,18,19)(H,20,22). The van der Waals surface area contributed by atoms with Gasteiger partial charge in [0.05, 0.1) is 19.0 Å². The van der Waals surface area contributed by atoms with Gasteiger partial charge in [0.15, 0.2) is 11.5 Å². The molecule has 1 aromatic heterocycles. The number of rotatable bonds is 6. The molecule has 23 heavy (non-hydrogen) atoms. The van der Waals surface area contributed by atoms with E-state index in [2.05, 4.69) is 20.7 Å². The van der Waals surface area contributed by atoms with Gasteiger partial charge >= 0.3 is 0 Å². The molecule has 0 atom stereocenters. The molecule has 1 aromatic carbocycles. The summed E-state index contributed by atoms with van der Waals surface area (Å²) in [4.78, 5) is 11.8. The summed E-state index contributed by atoms with van der Waals surface area (Å²) in [5, 5.41) is 20.5. The summed E-state index contributed by atoms with van der Waals surface area (Å²) < 4.78 is 4.96. The summed E-state index contributed by atoms with van der Waals surface area (Å²) in [5.74, 6) is 0.227. The molecule has 1 amide bonds. The van der Waals surface area contributed by atoms with E-state index in [0.29, 0.717) is 24.2 Å². The highest BCUT2D eigenvalue weighted by molar-refractivity contribution is 5.83. The first-order chi connectivity index (χ1) is 11.0. The van der Waals surface area contributed by atoms with Crippen LogP contribution in [-0.4, -0.2) is 34.5 Å². The largest absolute Gasteiger partial charge is 0.504 e. The van der Waals surface area contributed by atoms with Crippen molar-refractivity contribution in [2.24, 2.45) is 5.10 Å². The second-order valence-corrected chi connectivity index (χ2v) is 5.14. The molecule has 2 rings (SSSR count). The number of ether oxygens (including phenoxy) is 1. The van der Waals surface area contributed by atoms with E-state index in [4.69, 9.17) is 4.74 Å². The van der Waals surface area contributed by atoms with Crippen LogP contribution in [0.3, 0.4) is 0 Å². The minimum atomic E-state index is -0.181. The summed E-state index contributed by atoms with van der Waals surface area (Å²) in [6, 6.07) is 4.86. The van der Waals surface area contributed by atoms with Crippen molar-refractivity contribution < 1.29 is 14.6 Å². The van der Waals surface area contributed by atoms with Crippen LogP contribution in [-0.2, 0) is 11.2 Å². The Morgan fingerprint density at radius 1 is 1.48 bits per heavy atom. The minimum Gasteiger partial charge on any atom is -0.504 e. The van der Waals surface area contributed by atoms with Gasteiger partial charge in [-0.15, -0.1) is 0 Å². The lowest BCUT2D eigenvalue weighted by Gasteiger charge is -2.03. The van der Waals surface area contributed by atoms with Crippen LogP contribution in [0.1, 0.15) is 28.9 Å². The Labute approximate surface area is 134 Å². The van der Waals surface area contributed by atoms with Crippen molar-refractivity contribution in [2.45, 2.75) is 26.7 Å². The van der Waals surface area contributed by atoms with Gasteiger partial charge in [-0.05, 0) is 49.6 Å². The zero-order valence-corrected chi connectivity index (χ0v) is 13.4. The third kappa shape index (κ3) is 4.32. The summed E-state index contributed by atoms with van der Waals surface area (Å²) in [6.07, 6.45) is 2.40. The number of carbonyl (C=O) groups is 1. The number of aryl methyl sites for hydroxylation is 2. The number of phenols is 1. The summed E-state index contributed by atoms with van der Waals surface area (Å²) in [7, 11) is 1.48. The molecule has 0 fully saturated rings. The zero-order valence-electron chi connectivity index (χ0n) is 13.4. The first-order valence-corrected chi connectivity index (χ1v) is 7.20. The van der Waals surface area contributed by atoms with Crippen molar-refractivity contribution in [2.75, 3.05) is 7.11 Å². The van der Waals surface area contributed by atoms with E-state index in [0.717, 1.165) is 17.0 Å². The van der Waals surface area contributed by atoms with Gasteiger partial charge in [-0.2, -0.15) is 10.2 Å². The number of H-pyrrole nitrogens is 1. The number of hydrazone groups is 1. The molecular weight excluding hydrogens is 296 g/mol. The Hall–Kier alpha value is -2.83. The average Bonchev–Trinajstić information content (AvgIpc) is 2.84. The molecule has 0 saturated carbocycles. The molecule has 1 heterocycles. The van der Waals surface area contributed by atoms with Gasteiger partial charge in [0.2, 0.25) is 5.91 Å². The highest BCUT2D eigenvalue weighted by Gasteiger charge is 2.08. The Bertz CT molecular complexity index is 703. The SMILES string of the molecule is COc1ccc(C=NNC(=O)CCc2c(C)n[nH]c2C)cc1O. The maximum atomic E-state index is 11.8. The number of aromatic nitrogens is 2. The smallest absolute Gasteiger partial charge is 0.240 e. The fourth-order valence-electron chi connectivity index (χ4n) is 2.20. The van der Waals surface area contributed by atoms with Gasteiger partial charge in [-0.3, -0.25) is 9.89 Å². The molecule has 122 valence electrons. The van der Waals surface area contributed by atoms with E-state index in [1.54, 1.807) is 12.1 Å². The van der Waals surface area contributed by atoms with E-state index >= 15 is 0 Å². The van der Waals surface area contributed by atoms with E-state index in [9.17, 15) is 9.90 Å². The van der Waals surface area contributed by atoms with Gasteiger partial charge in [0, 0.05) is 12.1 Å². The molecule has 0 aliphatic carbocycles. The number of carbonyl (C=O) groups excluding carboxylic acids is 1. The number of hydrogen-bond donors (Lipinski definition) is 3. The van der Waals surface area contributed by atoms with Gasteiger partial charge in [0.1, 0.15) is 0 Å². The molecule has 0 saturated heterocycles. The number of nitrogens with one attached hydrogen (secondary N) is 2. The highest BCUT2D eigenvalue weighted by Crippen LogP contribution is 2.25. The third-order valence-electron chi connectivity index (χ3n) is 3.49.